The highest BCUT2D eigenvalue weighted by Crippen LogP contribution is 2.13. The second-order valence-corrected chi connectivity index (χ2v) is 5.79. The normalized spacial score (nSPS) is 11.8. The molecule has 0 spiro atoms. The van der Waals surface area contributed by atoms with Crippen LogP contribution >= 0.6 is 0 Å². The fourth-order valence-electron chi connectivity index (χ4n) is 1.68. The molecule has 3 nitrogen and oxygen atoms in total. The summed E-state index contributed by atoms with van der Waals surface area (Å²) in [6.07, 6.45) is 1.85. The largest absolute Gasteiger partial charge is 0.306 e. The summed E-state index contributed by atoms with van der Waals surface area (Å²) in [5, 5.41) is 7.82. The maximum atomic E-state index is 13.5. The molecule has 1 heterocycles. The van der Waals surface area contributed by atoms with E-state index in [1.165, 1.54) is 6.07 Å². The minimum absolute atomic E-state index is 0.0553. The average molecular weight is 261 g/mol. The first kappa shape index (κ1) is 13.7. The minimum Gasteiger partial charge on any atom is -0.306 e. The molecule has 1 N–H and O–H groups in total. The van der Waals surface area contributed by atoms with Gasteiger partial charge in [0.05, 0.1) is 11.4 Å². The Labute approximate surface area is 113 Å². The number of nitrogens with zero attached hydrogens (tertiary/aromatic N) is 2. The van der Waals surface area contributed by atoms with Crippen molar-refractivity contribution in [3.63, 3.8) is 0 Å². The molecule has 1 aromatic heterocycles. The molecule has 0 saturated carbocycles. The molecule has 0 saturated heterocycles. The van der Waals surface area contributed by atoms with Gasteiger partial charge in [0, 0.05) is 18.3 Å². The van der Waals surface area contributed by atoms with Crippen LogP contribution in [0.5, 0.6) is 0 Å². The molecule has 0 atom stereocenters. The highest BCUT2D eigenvalue weighted by molar-refractivity contribution is 5.34. The van der Waals surface area contributed by atoms with Gasteiger partial charge in [-0.1, -0.05) is 6.07 Å². The molecule has 0 bridgehead atoms. The summed E-state index contributed by atoms with van der Waals surface area (Å²) in [5.74, 6) is -0.206. The molecule has 2 aromatic rings. The summed E-state index contributed by atoms with van der Waals surface area (Å²) in [4.78, 5) is 0. The number of hydrogen-bond donors (Lipinski definition) is 1. The van der Waals surface area contributed by atoms with Gasteiger partial charge in [0.25, 0.3) is 0 Å². The maximum absolute atomic E-state index is 13.5. The van der Waals surface area contributed by atoms with E-state index < -0.39 is 0 Å². The topological polar surface area (TPSA) is 29.9 Å². The van der Waals surface area contributed by atoms with Gasteiger partial charge in [-0.3, -0.25) is 0 Å². The fourth-order valence-corrected chi connectivity index (χ4v) is 1.68. The van der Waals surface area contributed by atoms with Crippen LogP contribution in [0.3, 0.4) is 0 Å². The molecular weight excluding hydrogens is 241 g/mol. The Balaban J connectivity index is 2.14. The lowest BCUT2D eigenvalue weighted by atomic mass is 10.1. The smallest absolute Gasteiger partial charge is 0.128 e. The number of nitrogens with one attached hydrogen (secondary N) is 1. The van der Waals surface area contributed by atoms with Crippen LogP contribution in [0.25, 0.3) is 5.69 Å². The average Bonchev–Trinajstić information content (AvgIpc) is 2.78. The first-order valence-electron chi connectivity index (χ1n) is 6.41. The molecule has 0 fully saturated rings. The van der Waals surface area contributed by atoms with E-state index in [0.29, 0.717) is 12.1 Å². The quantitative estimate of drug-likeness (QED) is 0.919. The SMILES string of the molecule is Cc1ccc(-n2ccc(CNC(C)(C)C)n2)cc1F. The van der Waals surface area contributed by atoms with E-state index >= 15 is 0 Å². The zero-order valence-corrected chi connectivity index (χ0v) is 11.9. The number of aromatic nitrogens is 2. The fraction of sp³-hybridized carbons (Fsp3) is 0.400. The van der Waals surface area contributed by atoms with Crippen LogP contribution in [-0.2, 0) is 6.54 Å². The third kappa shape index (κ3) is 3.64. The molecule has 19 heavy (non-hydrogen) atoms. The first-order chi connectivity index (χ1) is 8.85. The van der Waals surface area contributed by atoms with Crippen molar-refractivity contribution in [1.29, 1.82) is 0 Å². The van der Waals surface area contributed by atoms with E-state index in [-0.39, 0.29) is 11.4 Å². The third-order valence-corrected chi connectivity index (χ3v) is 2.86. The third-order valence-electron chi connectivity index (χ3n) is 2.86. The highest BCUT2D eigenvalue weighted by atomic mass is 19.1. The van der Waals surface area contributed by atoms with Crippen LogP contribution in [0.2, 0.25) is 0 Å². The maximum Gasteiger partial charge on any atom is 0.128 e. The number of hydrogen-bond acceptors (Lipinski definition) is 2. The molecule has 0 aliphatic heterocycles. The van der Waals surface area contributed by atoms with Gasteiger partial charge in [-0.2, -0.15) is 5.10 Å². The Hall–Kier alpha value is -1.68. The van der Waals surface area contributed by atoms with E-state index in [1.807, 2.05) is 18.3 Å². The number of halogens is 1. The van der Waals surface area contributed by atoms with Gasteiger partial charge in [-0.05, 0) is 51.5 Å². The van der Waals surface area contributed by atoms with Gasteiger partial charge in [-0.15, -0.1) is 0 Å². The zero-order chi connectivity index (χ0) is 14.0. The van der Waals surface area contributed by atoms with Crippen LogP contribution in [0.4, 0.5) is 4.39 Å². The summed E-state index contributed by atoms with van der Waals surface area (Å²) in [6.45, 7) is 8.78. The minimum atomic E-state index is -0.206. The molecule has 1 aromatic carbocycles. The van der Waals surface area contributed by atoms with Crippen molar-refractivity contribution in [3.8, 4) is 5.69 Å². The number of aryl methyl sites for hydroxylation is 1. The summed E-state index contributed by atoms with van der Waals surface area (Å²) in [6, 6.07) is 7.08. The van der Waals surface area contributed by atoms with Crippen LogP contribution in [0, 0.1) is 12.7 Å². The second-order valence-electron chi connectivity index (χ2n) is 5.79. The summed E-state index contributed by atoms with van der Waals surface area (Å²) < 4.78 is 15.2. The van der Waals surface area contributed by atoms with Gasteiger partial charge < -0.3 is 5.32 Å². The standard InChI is InChI=1S/C15H20FN3/c1-11-5-6-13(9-14(11)16)19-8-7-12(18-19)10-17-15(2,3)4/h5-9,17H,10H2,1-4H3. The first-order valence-corrected chi connectivity index (χ1v) is 6.41. The predicted octanol–water partition coefficient (Wildman–Crippen LogP) is 3.21. The van der Waals surface area contributed by atoms with Crippen LogP contribution in [0.1, 0.15) is 32.0 Å². The van der Waals surface area contributed by atoms with Crippen molar-refractivity contribution in [2.75, 3.05) is 0 Å². The molecule has 4 heteroatoms. The molecule has 2 rings (SSSR count). The number of benzene rings is 1. The van der Waals surface area contributed by atoms with Crippen LogP contribution < -0.4 is 5.32 Å². The van der Waals surface area contributed by atoms with Crippen molar-refractivity contribution >= 4 is 0 Å². The number of rotatable bonds is 3. The Bertz CT molecular complexity index is 567. The zero-order valence-electron chi connectivity index (χ0n) is 11.9. The van der Waals surface area contributed by atoms with Crippen LogP contribution in [0.15, 0.2) is 30.5 Å². The van der Waals surface area contributed by atoms with E-state index in [0.717, 1.165) is 11.4 Å². The summed E-state index contributed by atoms with van der Waals surface area (Å²) in [7, 11) is 0. The lowest BCUT2D eigenvalue weighted by Gasteiger charge is -2.19. The summed E-state index contributed by atoms with van der Waals surface area (Å²) in [5.41, 5.74) is 2.38. The van der Waals surface area contributed by atoms with Crippen molar-refractivity contribution in [2.45, 2.75) is 39.8 Å². The molecule has 0 unspecified atom stereocenters. The molecular formula is C15H20FN3. The Morgan fingerprint density at radius 1 is 1.26 bits per heavy atom. The molecule has 0 aliphatic rings. The highest BCUT2D eigenvalue weighted by Gasteiger charge is 2.10. The van der Waals surface area contributed by atoms with Gasteiger partial charge in [0.1, 0.15) is 5.82 Å². The van der Waals surface area contributed by atoms with Gasteiger partial charge in [0.2, 0.25) is 0 Å². The molecule has 0 aliphatic carbocycles. The lowest BCUT2D eigenvalue weighted by molar-refractivity contribution is 0.420. The lowest BCUT2D eigenvalue weighted by Crippen LogP contribution is -2.35. The van der Waals surface area contributed by atoms with Crippen molar-refractivity contribution in [2.24, 2.45) is 0 Å². The van der Waals surface area contributed by atoms with Crippen molar-refractivity contribution in [3.05, 3.63) is 47.5 Å². The van der Waals surface area contributed by atoms with Crippen molar-refractivity contribution < 1.29 is 4.39 Å². The summed E-state index contributed by atoms with van der Waals surface area (Å²) >= 11 is 0. The van der Waals surface area contributed by atoms with Crippen LogP contribution in [-0.4, -0.2) is 15.3 Å². The van der Waals surface area contributed by atoms with E-state index in [2.05, 4.69) is 31.2 Å². The van der Waals surface area contributed by atoms with E-state index in [1.54, 1.807) is 17.7 Å². The van der Waals surface area contributed by atoms with Gasteiger partial charge in [0.15, 0.2) is 0 Å². The van der Waals surface area contributed by atoms with Crippen molar-refractivity contribution in [1.82, 2.24) is 15.1 Å². The predicted molar refractivity (Wildman–Crippen MR) is 74.9 cm³/mol. The van der Waals surface area contributed by atoms with E-state index in [9.17, 15) is 4.39 Å². The van der Waals surface area contributed by atoms with Gasteiger partial charge >= 0.3 is 0 Å². The molecule has 102 valence electrons. The monoisotopic (exact) mass is 261 g/mol. The second kappa shape index (κ2) is 5.13. The Morgan fingerprint density at radius 3 is 2.63 bits per heavy atom. The van der Waals surface area contributed by atoms with Gasteiger partial charge in [-0.25, -0.2) is 9.07 Å². The Kier molecular flexibility index (Phi) is 3.71. The Morgan fingerprint density at radius 2 is 2.00 bits per heavy atom. The molecule has 0 amide bonds. The molecule has 0 radical (unpaired) electrons. The van der Waals surface area contributed by atoms with E-state index in [4.69, 9.17) is 0 Å².